The van der Waals surface area contributed by atoms with E-state index in [1.165, 1.54) is 0 Å². The Bertz CT molecular complexity index is 435. The first kappa shape index (κ1) is 15.4. The topological polar surface area (TPSA) is 46.5 Å². The van der Waals surface area contributed by atoms with Crippen LogP contribution >= 0.6 is 0 Å². The van der Waals surface area contributed by atoms with Gasteiger partial charge in [0.2, 0.25) is 0 Å². The maximum Gasteiger partial charge on any atom is 0.328 e. The first-order valence-corrected chi connectivity index (χ1v) is 6.59. The molecule has 0 bridgehead atoms. The molecule has 3 heteroatoms. The summed E-state index contributed by atoms with van der Waals surface area (Å²) in [6.45, 7) is 6.99. The van der Waals surface area contributed by atoms with E-state index in [2.05, 4.69) is 20.8 Å². The van der Waals surface area contributed by atoms with Crippen LogP contribution < -0.4 is 0 Å². The van der Waals surface area contributed by atoms with E-state index < -0.39 is 5.97 Å². The number of hydrogen-bond acceptors (Lipinski definition) is 2. The number of benzene rings is 1. The van der Waals surface area contributed by atoms with Crippen molar-refractivity contribution in [3.05, 3.63) is 41.5 Å². The molecule has 0 aromatic heterocycles. The number of carboxylic acids is 1. The molecule has 0 saturated heterocycles. The first-order chi connectivity index (χ1) is 8.97. The highest BCUT2D eigenvalue weighted by atomic mass is 16.5. The van der Waals surface area contributed by atoms with Crippen LogP contribution in [-0.4, -0.2) is 17.2 Å². The molecular weight excluding hydrogens is 240 g/mol. The van der Waals surface area contributed by atoms with Gasteiger partial charge in [0.25, 0.3) is 0 Å². The Hall–Kier alpha value is -1.61. The molecule has 1 aromatic carbocycles. The minimum atomic E-state index is -0.938. The SMILES string of the molecule is CC(C)CC(C)OCc1cccc(/C=C/C(=O)O)c1. The smallest absolute Gasteiger partial charge is 0.328 e. The minimum absolute atomic E-state index is 0.234. The van der Waals surface area contributed by atoms with Crippen molar-refractivity contribution in [2.75, 3.05) is 0 Å². The molecule has 0 aliphatic rings. The van der Waals surface area contributed by atoms with Crippen LogP contribution in [0.4, 0.5) is 0 Å². The molecule has 1 rings (SSSR count). The quantitative estimate of drug-likeness (QED) is 0.761. The Balaban J connectivity index is 2.55. The Kier molecular flexibility index (Phi) is 6.30. The van der Waals surface area contributed by atoms with Crippen LogP contribution in [0.15, 0.2) is 30.3 Å². The van der Waals surface area contributed by atoms with Gasteiger partial charge >= 0.3 is 5.97 Å². The Morgan fingerprint density at radius 2 is 2.11 bits per heavy atom. The summed E-state index contributed by atoms with van der Waals surface area (Å²) in [6, 6.07) is 7.72. The number of hydrogen-bond donors (Lipinski definition) is 1. The molecule has 1 unspecified atom stereocenters. The third kappa shape index (κ3) is 6.77. The highest BCUT2D eigenvalue weighted by Crippen LogP contribution is 2.12. The average molecular weight is 262 g/mol. The zero-order chi connectivity index (χ0) is 14.3. The van der Waals surface area contributed by atoms with E-state index in [9.17, 15) is 4.79 Å². The molecule has 0 aliphatic heterocycles. The lowest BCUT2D eigenvalue weighted by atomic mass is 10.1. The molecule has 0 saturated carbocycles. The van der Waals surface area contributed by atoms with Gasteiger partial charge in [-0.3, -0.25) is 0 Å². The maximum atomic E-state index is 10.5. The van der Waals surface area contributed by atoms with E-state index in [0.717, 1.165) is 23.6 Å². The second-order valence-electron chi connectivity index (χ2n) is 5.17. The first-order valence-electron chi connectivity index (χ1n) is 6.59. The molecule has 0 radical (unpaired) electrons. The van der Waals surface area contributed by atoms with Crippen LogP contribution in [0.5, 0.6) is 0 Å². The largest absolute Gasteiger partial charge is 0.478 e. The predicted molar refractivity (Wildman–Crippen MR) is 76.8 cm³/mol. The average Bonchev–Trinajstić information content (AvgIpc) is 2.34. The van der Waals surface area contributed by atoms with E-state index in [-0.39, 0.29) is 6.10 Å². The number of carboxylic acid groups (broad SMARTS) is 1. The van der Waals surface area contributed by atoms with Crippen LogP contribution in [0.2, 0.25) is 0 Å². The lowest BCUT2D eigenvalue weighted by molar-refractivity contribution is -0.131. The van der Waals surface area contributed by atoms with E-state index in [0.29, 0.717) is 12.5 Å². The number of aliphatic carboxylic acids is 1. The standard InChI is InChI=1S/C16H22O3/c1-12(2)9-13(3)19-11-15-6-4-5-14(10-15)7-8-16(17)18/h4-8,10,12-13H,9,11H2,1-3H3,(H,17,18)/b8-7+. The molecule has 19 heavy (non-hydrogen) atoms. The van der Waals surface area contributed by atoms with Crippen LogP contribution in [0.25, 0.3) is 6.08 Å². The Labute approximate surface area is 114 Å². The molecule has 0 heterocycles. The lowest BCUT2D eigenvalue weighted by Gasteiger charge is -2.15. The van der Waals surface area contributed by atoms with Gasteiger partial charge < -0.3 is 9.84 Å². The molecule has 1 aromatic rings. The van der Waals surface area contributed by atoms with Crippen molar-refractivity contribution in [2.24, 2.45) is 5.92 Å². The van der Waals surface area contributed by atoms with E-state index in [1.54, 1.807) is 6.08 Å². The molecule has 0 aliphatic carbocycles. The molecule has 1 atom stereocenters. The Morgan fingerprint density at radius 3 is 2.74 bits per heavy atom. The summed E-state index contributed by atoms with van der Waals surface area (Å²) < 4.78 is 5.78. The van der Waals surface area contributed by atoms with Crippen molar-refractivity contribution in [3.8, 4) is 0 Å². The monoisotopic (exact) mass is 262 g/mol. The second kappa shape index (κ2) is 7.74. The van der Waals surface area contributed by atoms with Crippen molar-refractivity contribution in [1.82, 2.24) is 0 Å². The second-order valence-corrected chi connectivity index (χ2v) is 5.17. The van der Waals surface area contributed by atoms with Gasteiger partial charge in [-0.15, -0.1) is 0 Å². The molecule has 0 fully saturated rings. The highest BCUT2D eigenvalue weighted by Gasteiger charge is 2.05. The van der Waals surface area contributed by atoms with Gasteiger partial charge in [0.05, 0.1) is 12.7 Å². The van der Waals surface area contributed by atoms with Gasteiger partial charge in [0, 0.05) is 6.08 Å². The number of rotatable bonds is 7. The summed E-state index contributed by atoms with van der Waals surface area (Å²) in [4.78, 5) is 10.5. The van der Waals surface area contributed by atoms with Crippen LogP contribution in [-0.2, 0) is 16.1 Å². The van der Waals surface area contributed by atoms with Gasteiger partial charge in [-0.1, -0.05) is 32.0 Å². The van der Waals surface area contributed by atoms with Gasteiger partial charge in [0.1, 0.15) is 0 Å². The van der Waals surface area contributed by atoms with Gasteiger partial charge in [-0.05, 0) is 42.5 Å². The molecular formula is C16H22O3. The highest BCUT2D eigenvalue weighted by molar-refractivity contribution is 5.85. The summed E-state index contributed by atoms with van der Waals surface area (Å²) in [5.41, 5.74) is 1.93. The molecule has 0 amide bonds. The molecule has 1 N–H and O–H groups in total. The van der Waals surface area contributed by atoms with Crippen molar-refractivity contribution < 1.29 is 14.6 Å². The zero-order valence-corrected chi connectivity index (χ0v) is 11.8. The van der Waals surface area contributed by atoms with Crippen molar-refractivity contribution >= 4 is 12.0 Å². The Morgan fingerprint density at radius 1 is 1.37 bits per heavy atom. The summed E-state index contributed by atoms with van der Waals surface area (Å²) in [5.74, 6) is -0.313. The van der Waals surface area contributed by atoms with Crippen molar-refractivity contribution in [2.45, 2.75) is 39.9 Å². The maximum absolute atomic E-state index is 10.5. The normalized spacial score (nSPS) is 13.1. The van der Waals surface area contributed by atoms with Gasteiger partial charge in [0.15, 0.2) is 0 Å². The molecule has 104 valence electrons. The van der Waals surface area contributed by atoms with E-state index in [1.807, 2.05) is 24.3 Å². The predicted octanol–water partition coefficient (Wildman–Crippen LogP) is 3.74. The van der Waals surface area contributed by atoms with Crippen LogP contribution in [0, 0.1) is 5.92 Å². The molecule has 0 spiro atoms. The van der Waals surface area contributed by atoms with Crippen LogP contribution in [0.3, 0.4) is 0 Å². The zero-order valence-electron chi connectivity index (χ0n) is 11.8. The van der Waals surface area contributed by atoms with E-state index in [4.69, 9.17) is 9.84 Å². The van der Waals surface area contributed by atoms with Crippen molar-refractivity contribution in [3.63, 3.8) is 0 Å². The molecule has 3 nitrogen and oxygen atoms in total. The van der Waals surface area contributed by atoms with Crippen molar-refractivity contribution in [1.29, 1.82) is 0 Å². The number of carbonyl (C=O) groups is 1. The van der Waals surface area contributed by atoms with Crippen LogP contribution in [0.1, 0.15) is 38.3 Å². The third-order valence-corrected chi connectivity index (χ3v) is 2.71. The summed E-state index contributed by atoms with van der Waals surface area (Å²) in [6.07, 6.45) is 4.00. The summed E-state index contributed by atoms with van der Waals surface area (Å²) in [7, 11) is 0. The lowest BCUT2D eigenvalue weighted by Crippen LogP contribution is -2.11. The third-order valence-electron chi connectivity index (χ3n) is 2.71. The fraction of sp³-hybridized carbons (Fsp3) is 0.438. The summed E-state index contributed by atoms with van der Waals surface area (Å²) >= 11 is 0. The van der Waals surface area contributed by atoms with E-state index >= 15 is 0 Å². The fourth-order valence-electron chi connectivity index (χ4n) is 1.92. The van der Waals surface area contributed by atoms with Gasteiger partial charge in [-0.2, -0.15) is 0 Å². The number of ether oxygens (including phenoxy) is 1. The fourth-order valence-corrected chi connectivity index (χ4v) is 1.92. The minimum Gasteiger partial charge on any atom is -0.478 e. The summed E-state index contributed by atoms with van der Waals surface area (Å²) in [5, 5.41) is 8.59. The van der Waals surface area contributed by atoms with Gasteiger partial charge in [-0.25, -0.2) is 4.79 Å².